The molecule has 4 heterocycles. The van der Waals surface area contributed by atoms with Crippen LogP contribution in [0.3, 0.4) is 0 Å². The Hall–Kier alpha value is -3.08. The van der Waals surface area contributed by atoms with E-state index >= 15 is 0 Å². The van der Waals surface area contributed by atoms with Crippen LogP contribution < -0.4 is 4.90 Å². The fourth-order valence-corrected chi connectivity index (χ4v) is 7.01. The third-order valence-electron chi connectivity index (χ3n) is 9.45. The molecule has 1 aromatic carbocycles. The Morgan fingerprint density at radius 1 is 1.11 bits per heavy atom. The topological polar surface area (TPSA) is 78.5 Å². The van der Waals surface area contributed by atoms with Crippen molar-refractivity contribution in [2.45, 2.75) is 91.0 Å². The van der Waals surface area contributed by atoms with Gasteiger partial charge in [0.25, 0.3) is 0 Å². The summed E-state index contributed by atoms with van der Waals surface area (Å²) < 4.78 is 25.1. The minimum absolute atomic E-state index is 0.0258. The Labute approximate surface area is 274 Å². The van der Waals surface area contributed by atoms with Gasteiger partial charge in [0.2, 0.25) is 5.91 Å². The van der Waals surface area contributed by atoms with E-state index in [0.717, 1.165) is 35.6 Å². The van der Waals surface area contributed by atoms with E-state index in [0.29, 0.717) is 45.2 Å². The number of fused-ring (bicyclic) bond motifs is 1. The van der Waals surface area contributed by atoms with E-state index in [9.17, 15) is 14.0 Å². The molecule has 2 saturated heterocycles. The Morgan fingerprint density at radius 2 is 1.83 bits per heavy atom. The molecule has 9 nitrogen and oxygen atoms in total. The van der Waals surface area contributed by atoms with Gasteiger partial charge in [-0.1, -0.05) is 39.8 Å². The minimum atomic E-state index is -0.591. The maximum absolute atomic E-state index is 14.3. The number of amides is 2. The quantitative estimate of drug-likeness (QED) is 0.418. The molecule has 2 amide bonds. The van der Waals surface area contributed by atoms with Crippen LogP contribution in [0.1, 0.15) is 72.2 Å². The van der Waals surface area contributed by atoms with Gasteiger partial charge in [-0.05, 0) is 69.4 Å². The fraction of sp³-hybridized carbons (Fsp3) is 0.639. The molecule has 1 unspecified atom stereocenters. The summed E-state index contributed by atoms with van der Waals surface area (Å²) in [5, 5.41) is 0. The van der Waals surface area contributed by atoms with Crippen molar-refractivity contribution >= 4 is 17.7 Å². The average molecular weight is 638 g/mol. The average Bonchev–Trinajstić information content (AvgIpc) is 3.24. The highest BCUT2D eigenvalue weighted by Gasteiger charge is 2.43. The molecule has 0 N–H and O–H groups in total. The number of anilines is 1. The Morgan fingerprint density at radius 3 is 2.50 bits per heavy atom. The number of aromatic nitrogens is 1. The molecular formula is C36H52FN5O4. The van der Waals surface area contributed by atoms with Gasteiger partial charge in [0.05, 0.1) is 31.1 Å². The number of piperazine rings is 1. The van der Waals surface area contributed by atoms with Crippen molar-refractivity contribution in [2.24, 2.45) is 5.92 Å². The van der Waals surface area contributed by atoms with E-state index in [1.807, 2.05) is 43.7 Å². The SMILES string of the molecule is CC(C)C1COCCN1C[C@H]1CN(C(=O)OC(C)(C)C)[C@H](C)CN1CC(=O)N1CC(C)(C)c2ncc(Cc3ccc(F)cc3)cc21. The van der Waals surface area contributed by atoms with Gasteiger partial charge in [0.15, 0.2) is 0 Å². The number of benzene rings is 1. The van der Waals surface area contributed by atoms with Gasteiger partial charge in [0, 0.05) is 62.5 Å². The van der Waals surface area contributed by atoms with Crippen LogP contribution in [0.25, 0.3) is 0 Å². The van der Waals surface area contributed by atoms with Crippen LogP contribution in [-0.4, -0.2) is 108 Å². The number of pyridine rings is 1. The first-order valence-corrected chi connectivity index (χ1v) is 16.7. The largest absolute Gasteiger partial charge is 0.444 e. The van der Waals surface area contributed by atoms with Crippen LogP contribution in [0, 0.1) is 11.7 Å². The number of rotatable bonds is 7. The molecule has 10 heteroatoms. The summed E-state index contributed by atoms with van der Waals surface area (Å²) in [6.07, 6.45) is 2.17. The maximum Gasteiger partial charge on any atom is 0.410 e. The van der Waals surface area contributed by atoms with E-state index in [2.05, 4.69) is 43.6 Å². The second-order valence-electron chi connectivity index (χ2n) is 15.3. The monoisotopic (exact) mass is 637 g/mol. The van der Waals surface area contributed by atoms with Crippen LogP contribution in [0.2, 0.25) is 0 Å². The molecule has 46 heavy (non-hydrogen) atoms. The summed E-state index contributed by atoms with van der Waals surface area (Å²) in [7, 11) is 0. The number of hydrogen-bond donors (Lipinski definition) is 0. The second kappa shape index (κ2) is 13.6. The molecule has 252 valence electrons. The summed E-state index contributed by atoms with van der Waals surface area (Å²) in [6, 6.07) is 8.68. The number of morpholine rings is 1. The number of hydrogen-bond acceptors (Lipinski definition) is 7. The van der Waals surface area contributed by atoms with Crippen molar-refractivity contribution in [3.8, 4) is 0 Å². The Kier molecular flexibility index (Phi) is 10.1. The molecule has 5 rings (SSSR count). The van der Waals surface area contributed by atoms with Gasteiger partial charge < -0.3 is 19.3 Å². The standard InChI is InChI=1S/C36H52FN5O4/c1-24(2)31-22-45-14-13-39(31)19-29-20-41(34(44)46-35(4,5)6)25(3)18-40(29)21-32(43)42-23-36(7,8)33-30(42)16-27(17-38-33)15-26-9-11-28(37)12-10-26/h9-12,16-17,24-25,29,31H,13-15,18-23H2,1-8H3/t25-,29+,31?/m1/s1. The van der Waals surface area contributed by atoms with E-state index in [-0.39, 0.29) is 47.9 Å². The van der Waals surface area contributed by atoms with Crippen LogP contribution in [-0.2, 0) is 26.1 Å². The molecule has 0 radical (unpaired) electrons. The number of ether oxygens (including phenoxy) is 2. The van der Waals surface area contributed by atoms with E-state index in [1.54, 1.807) is 12.1 Å². The highest BCUT2D eigenvalue weighted by molar-refractivity contribution is 5.97. The van der Waals surface area contributed by atoms with Crippen molar-refractivity contribution in [1.82, 2.24) is 19.7 Å². The molecular weight excluding hydrogens is 585 g/mol. The van der Waals surface area contributed by atoms with Gasteiger partial charge in [-0.2, -0.15) is 0 Å². The number of halogens is 1. The molecule has 1 aromatic heterocycles. The first-order valence-electron chi connectivity index (χ1n) is 16.7. The number of nitrogens with zero attached hydrogens (tertiary/aromatic N) is 5. The molecule has 0 spiro atoms. The summed E-state index contributed by atoms with van der Waals surface area (Å²) in [5.41, 5.74) is 2.84. The second-order valence-corrected chi connectivity index (χ2v) is 15.3. The van der Waals surface area contributed by atoms with Gasteiger partial charge in [-0.25, -0.2) is 9.18 Å². The summed E-state index contributed by atoms with van der Waals surface area (Å²) in [6.45, 7) is 21.1. The molecule has 3 aliphatic heterocycles. The molecule has 3 atom stereocenters. The van der Waals surface area contributed by atoms with Crippen LogP contribution in [0.15, 0.2) is 36.5 Å². The third-order valence-corrected chi connectivity index (χ3v) is 9.45. The lowest BCUT2D eigenvalue weighted by molar-refractivity contribution is -0.122. The van der Waals surface area contributed by atoms with Crippen molar-refractivity contribution in [3.05, 3.63) is 59.2 Å². The van der Waals surface area contributed by atoms with Gasteiger partial charge in [0.1, 0.15) is 11.4 Å². The lowest BCUT2D eigenvalue weighted by Gasteiger charge is -2.48. The minimum Gasteiger partial charge on any atom is -0.444 e. The highest BCUT2D eigenvalue weighted by atomic mass is 19.1. The van der Waals surface area contributed by atoms with E-state index < -0.39 is 5.60 Å². The van der Waals surface area contributed by atoms with Gasteiger partial charge in [-0.3, -0.25) is 19.6 Å². The van der Waals surface area contributed by atoms with Crippen molar-refractivity contribution < 1.29 is 23.5 Å². The first-order chi connectivity index (χ1) is 21.6. The molecule has 0 saturated carbocycles. The van der Waals surface area contributed by atoms with Crippen LogP contribution in [0.5, 0.6) is 0 Å². The summed E-state index contributed by atoms with van der Waals surface area (Å²) in [4.78, 5) is 40.9. The molecule has 0 aliphatic carbocycles. The Balaban J connectivity index is 1.38. The zero-order valence-electron chi connectivity index (χ0n) is 28.9. The number of carbonyl (C=O) groups is 2. The van der Waals surface area contributed by atoms with E-state index in [1.165, 1.54) is 12.1 Å². The lowest BCUT2D eigenvalue weighted by Crippen LogP contribution is -2.64. The predicted molar refractivity (Wildman–Crippen MR) is 178 cm³/mol. The summed E-state index contributed by atoms with van der Waals surface area (Å²) >= 11 is 0. The van der Waals surface area contributed by atoms with Gasteiger partial charge >= 0.3 is 6.09 Å². The predicted octanol–water partition coefficient (Wildman–Crippen LogP) is 5.10. The summed E-state index contributed by atoms with van der Waals surface area (Å²) in [5.74, 6) is 0.180. The van der Waals surface area contributed by atoms with Crippen molar-refractivity contribution in [2.75, 3.05) is 57.4 Å². The zero-order chi connectivity index (χ0) is 33.4. The zero-order valence-corrected chi connectivity index (χ0v) is 28.9. The smallest absolute Gasteiger partial charge is 0.410 e. The molecule has 0 bridgehead atoms. The molecule has 3 aliphatic rings. The fourth-order valence-electron chi connectivity index (χ4n) is 7.01. The van der Waals surface area contributed by atoms with Crippen LogP contribution >= 0.6 is 0 Å². The molecule has 2 fully saturated rings. The third kappa shape index (κ3) is 7.89. The van der Waals surface area contributed by atoms with Crippen LogP contribution in [0.4, 0.5) is 14.9 Å². The van der Waals surface area contributed by atoms with Gasteiger partial charge in [-0.15, -0.1) is 0 Å². The van der Waals surface area contributed by atoms with E-state index in [4.69, 9.17) is 14.5 Å². The van der Waals surface area contributed by atoms with Crippen molar-refractivity contribution in [1.29, 1.82) is 0 Å². The highest BCUT2D eigenvalue weighted by Crippen LogP contribution is 2.40. The number of carbonyl (C=O) groups excluding carboxylic acids is 2. The van der Waals surface area contributed by atoms with Crippen molar-refractivity contribution in [3.63, 3.8) is 0 Å². The maximum atomic E-state index is 14.3. The first kappa shape index (κ1) is 34.3. The molecule has 2 aromatic rings. The normalized spacial score (nSPS) is 23.9. The lowest BCUT2D eigenvalue weighted by atomic mass is 9.91. The Bertz CT molecular complexity index is 1390.